The third-order valence-electron chi connectivity index (χ3n) is 5.40. The van der Waals surface area contributed by atoms with Crippen molar-refractivity contribution in [2.45, 2.75) is 62.2 Å². The lowest BCUT2D eigenvalue weighted by Crippen LogP contribution is -2.60. The SMILES string of the molecule is CC1=COC(OC2OC(CO)C(O)C(O)C2O)C2C3OC3C(O)C12. The Morgan fingerprint density at radius 2 is 1.71 bits per heavy atom. The molecule has 0 aromatic rings. The van der Waals surface area contributed by atoms with Crippen molar-refractivity contribution in [3.8, 4) is 0 Å². The highest BCUT2D eigenvalue weighted by Crippen LogP contribution is 2.53. The average Bonchev–Trinajstić information content (AvgIpc) is 3.30. The fraction of sp³-hybridized carbons (Fsp3) is 0.867. The summed E-state index contributed by atoms with van der Waals surface area (Å²) in [4.78, 5) is 0. The monoisotopic (exact) mass is 346 g/mol. The Hall–Kier alpha value is -0.780. The number of rotatable bonds is 3. The Bertz CT molecular complexity index is 523. The van der Waals surface area contributed by atoms with E-state index < -0.39 is 49.7 Å². The zero-order valence-corrected chi connectivity index (χ0v) is 13.0. The molecule has 1 aliphatic carbocycles. The fourth-order valence-electron chi connectivity index (χ4n) is 4.03. The van der Waals surface area contributed by atoms with Gasteiger partial charge in [-0.3, -0.25) is 0 Å². The Morgan fingerprint density at radius 3 is 2.42 bits per heavy atom. The zero-order valence-electron chi connectivity index (χ0n) is 13.0. The molecule has 0 amide bonds. The van der Waals surface area contributed by atoms with Gasteiger partial charge in [-0.25, -0.2) is 0 Å². The van der Waals surface area contributed by atoms with Gasteiger partial charge in [0.25, 0.3) is 0 Å². The van der Waals surface area contributed by atoms with Crippen molar-refractivity contribution in [2.75, 3.05) is 6.61 Å². The molecule has 1 saturated carbocycles. The van der Waals surface area contributed by atoms with Gasteiger partial charge in [0.05, 0.1) is 31.0 Å². The number of aliphatic hydroxyl groups excluding tert-OH is 5. The third-order valence-corrected chi connectivity index (χ3v) is 5.40. The van der Waals surface area contributed by atoms with Gasteiger partial charge in [-0.1, -0.05) is 0 Å². The molecule has 24 heavy (non-hydrogen) atoms. The Morgan fingerprint density at radius 1 is 0.958 bits per heavy atom. The van der Waals surface area contributed by atoms with Crippen molar-refractivity contribution in [3.05, 3.63) is 11.8 Å². The highest BCUT2D eigenvalue weighted by Gasteiger charge is 2.66. The lowest BCUT2D eigenvalue weighted by Gasteiger charge is -2.43. The smallest absolute Gasteiger partial charge is 0.207 e. The highest BCUT2D eigenvalue weighted by atomic mass is 16.8. The number of epoxide rings is 1. The first-order valence-electron chi connectivity index (χ1n) is 8.05. The van der Waals surface area contributed by atoms with Crippen LogP contribution in [0.15, 0.2) is 11.8 Å². The van der Waals surface area contributed by atoms with Crippen LogP contribution in [0.25, 0.3) is 0 Å². The number of hydrogen-bond acceptors (Lipinski definition) is 9. The topological polar surface area (TPSA) is 141 Å². The molecule has 0 aromatic heterocycles. The van der Waals surface area contributed by atoms with Crippen LogP contribution in [0, 0.1) is 11.8 Å². The summed E-state index contributed by atoms with van der Waals surface area (Å²) in [7, 11) is 0. The molecular weight excluding hydrogens is 324 g/mol. The average molecular weight is 346 g/mol. The van der Waals surface area contributed by atoms with E-state index in [1.54, 1.807) is 0 Å². The predicted octanol–water partition coefficient (Wildman–Crippen LogP) is -2.56. The van der Waals surface area contributed by atoms with E-state index in [2.05, 4.69) is 0 Å². The second-order valence-corrected chi connectivity index (χ2v) is 6.86. The van der Waals surface area contributed by atoms with Gasteiger partial charge in [-0.05, 0) is 12.5 Å². The van der Waals surface area contributed by atoms with Crippen molar-refractivity contribution in [2.24, 2.45) is 11.8 Å². The molecule has 5 N–H and O–H groups in total. The molecule has 0 radical (unpaired) electrons. The van der Waals surface area contributed by atoms with E-state index in [1.165, 1.54) is 6.26 Å². The molecule has 0 aromatic carbocycles. The largest absolute Gasteiger partial charge is 0.472 e. The van der Waals surface area contributed by atoms with Crippen molar-refractivity contribution in [1.29, 1.82) is 0 Å². The van der Waals surface area contributed by atoms with Gasteiger partial charge in [-0.15, -0.1) is 0 Å². The van der Waals surface area contributed by atoms with Gasteiger partial charge in [0.1, 0.15) is 30.5 Å². The molecular formula is C15H22O9. The lowest BCUT2D eigenvalue weighted by atomic mass is 9.85. The Labute approximate surface area is 138 Å². The molecule has 9 nitrogen and oxygen atoms in total. The van der Waals surface area contributed by atoms with Crippen LogP contribution in [-0.2, 0) is 18.9 Å². The molecule has 4 rings (SSSR count). The molecule has 3 aliphatic heterocycles. The first-order valence-corrected chi connectivity index (χ1v) is 8.05. The highest BCUT2D eigenvalue weighted by molar-refractivity contribution is 5.21. The lowest BCUT2D eigenvalue weighted by molar-refractivity contribution is -0.342. The molecule has 0 bridgehead atoms. The maximum atomic E-state index is 10.3. The van der Waals surface area contributed by atoms with Crippen molar-refractivity contribution >= 4 is 0 Å². The van der Waals surface area contributed by atoms with E-state index in [-0.39, 0.29) is 24.0 Å². The number of ether oxygens (including phenoxy) is 4. The van der Waals surface area contributed by atoms with Gasteiger partial charge < -0.3 is 44.5 Å². The number of hydrogen-bond donors (Lipinski definition) is 5. The maximum absolute atomic E-state index is 10.3. The molecule has 3 heterocycles. The third kappa shape index (κ3) is 2.39. The molecule has 11 atom stereocenters. The first-order chi connectivity index (χ1) is 11.4. The van der Waals surface area contributed by atoms with E-state index >= 15 is 0 Å². The Kier molecular flexibility index (Phi) is 4.09. The van der Waals surface area contributed by atoms with Crippen molar-refractivity contribution in [3.63, 3.8) is 0 Å². The standard InChI is InChI=1S/C15H22O9/c1-4-3-21-14(7-6(4)9(18)13-12(7)23-13)24-15-11(20)10(19)8(17)5(2-16)22-15/h3,5-20H,2H2,1H3. The van der Waals surface area contributed by atoms with Crippen LogP contribution in [0.4, 0.5) is 0 Å². The van der Waals surface area contributed by atoms with E-state index in [4.69, 9.17) is 18.9 Å². The van der Waals surface area contributed by atoms with Crippen molar-refractivity contribution < 1.29 is 44.5 Å². The van der Waals surface area contributed by atoms with E-state index in [0.717, 1.165) is 5.57 Å². The van der Waals surface area contributed by atoms with Crippen LogP contribution in [-0.4, -0.2) is 87.4 Å². The minimum Gasteiger partial charge on any atom is -0.472 e. The van der Waals surface area contributed by atoms with Crippen LogP contribution in [0.1, 0.15) is 6.92 Å². The van der Waals surface area contributed by atoms with Crippen LogP contribution < -0.4 is 0 Å². The normalized spacial score (nSPS) is 56.1. The second kappa shape index (κ2) is 5.89. The van der Waals surface area contributed by atoms with Crippen LogP contribution in [0.5, 0.6) is 0 Å². The summed E-state index contributed by atoms with van der Waals surface area (Å²) in [6.45, 7) is 1.32. The summed E-state index contributed by atoms with van der Waals surface area (Å²) in [5.41, 5.74) is 0.886. The van der Waals surface area contributed by atoms with Gasteiger partial charge in [0.15, 0.2) is 6.29 Å². The van der Waals surface area contributed by atoms with E-state index in [9.17, 15) is 25.5 Å². The number of fused-ring (bicyclic) bond motifs is 3. The quantitative estimate of drug-likeness (QED) is 0.349. The first kappa shape index (κ1) is 16.7. The zero-order chi connectivity index (χ0) is 17.2. The summed E-state index contributed by atoms with van der Waals surface area (Å²) in [5.74, 6) is -0.431. The van der Waals surface area contributed by atoms with E-state index in [1.807, 2.05) is 6.92 Å². The Balaban J connectivity index is 1.51. The van der Waals surface area contributed by atoms with Gasteiger partial charge in [-0.2, -0.15) is 0 Å². The minimum absolute atomic E-state index is 0.169. The van der Waals surface area contributed by atoms with Gasteiger partial charge >= 0.3 is 0 Å². The van der Waals surface area contributed by atoms with Crippen LogP contribution in [0.2, 0.25) is 0 Å². The summed E-state index contributed by atoms with van der Waals surface area (Å²) in [6, 6.07) is 0. The van der Waals surface area contributed by atoms with Crippen molar-refractivity contribution in [1.82, 2.24) is 0 Å². The summed E-state index contributed by atoms with van der Waals surface area (Å²) in [6.07, 6.45) is -7.21. The van der Waals surface area contributed by atoms with Crippen LogP contribution >= 0.6 is 0 Å². The molecule has 11 unspecified atom stereocenters. The molecule has 9 heteroatoms. The second-order valence-electron chi connectivity index (χ2n) is 6.86. The van der Waals surface area contributed by atoms with E-state index in [0.29, 0.717) is 0 Å². The maximum Gasteiger partial charge on any atom is 0.207 e. The van der Waals surface area contributed by atoms with Gasteiger partial charge in [0, 0.05) is 5.92 Å². The number of aliphatic hydroxyl groups is 5. The van der Waals surface area contributed by atoms with Gasteiger partial charge in [0.2, 0.25) is 6.29 Å². The van der Waals surface area contributed by atoms with Crippen LogP contribution in [0.3, 0.4) is 0 Å². The molecule has 4 aliphatic rings. The summed E-state index contributed by atoms with van der Waals surface area (Å²) < 4.78 is 22.0. The summed E-state index contributed by atoms with van der Waals surface area (Å²) in [5, 5.41) is 49.2. The molecule has 2 saturated heterocycles. The predicted molar refractivity (Wildman–Crippen MR) is 75.1 cm³/mol. The minimum atomic E-state index is -1.52. The fourth-order valence-corrected chi connectivity index (χ4v) is 4.03. The summed E-state index contributed by atoms with van der Waals surface area (Å²) >= 11 is 0. The molecule has 0 spiro atoms. The molecule has 136 valence electrons. The molecule has 3 fully saturated rings.